The Kier molecular flexibility index (Phi) is 4.23. The van der Waals surface area contributed by atoms with E-state index in [4.69, 9.17) is 4.74 Å². The van der Waals surface area contributed by atoms with Crippen molar-refractivity contribution in [1.29, 1.82) is 0 Å². The smallest absolute Gasteiger partial charge is 0.189 e. The average molecular weight is 279 g/mol. The molecule has 0 aromatic carbocycles. The Hall–Kier alpha value is -0.810. The zero-order chi connectivity index (χ0) is 13.1. The molecule has 0 atom stereocenters. The molecule has 5 heteroatoms. The molecule has 0 spiro atoms. The standard InChI is InChI=1S/C14H21N3OS/c1-19-14-16-12(11-2-3-11)8-13(17-14)15-9-10-4-6-18-7-5-10/h8,10-11H,2-7,9H2,1H3,(H,15,16,17). The van der Waals surface area contributed by atoms with E-state index in [1.807, 2.05) is 6.26 Å². The Morgan fingerprint density at radius 1 is 1.26 bits per heavy atom. The van der Waals surface area contributed by atoms with E-state index in [0.717, 1.165) is 43.6 Å². The molecule has 0 amide bonds. The van der Waals surface area contributed by atoms with Gasteiger partial charge in [0.15, 0.2) is 5.16 Å². The van der Waals surface area contributed by atoms with E-state index >= 15 is 0 Å². The van der Waals surface area contributed by atoms with Crippen molar-refractivity contribution in [2.45, 2.75) is 36.8 Å². The largest absolute Gasteiger partial charge is 0.381 e. The molecule has 104 valence electrons. The molecule has 19 heavy (non-hydrogen) atoms. The number of nitrogens with zero attached hydrogens (tertiary/aromatic N) is 2. The van der Waals surface area contributed by atoms with Crippen molar-refractivity contribution in [3.05, 3.63) is 11.8 Å². The van der Waals surface area contributed by atoms with Crippen LogP contribution in [0, 0.1) is 5.92 Å². The van der Waals surface area contributed by atoms with Crippen LogP contribution in [0.4, 0.5) is 5.82 Å². The lowest BCUT2D eigenvalue weighted by atomic mass is 10.0. The summed E-state index contributed by atoms with van der Waals surface area (Å²) in [5, 5.41) is 4.38. The molecule has 1 aromatic rings. The molecular formula is C14H21N3OS. The molecule has 0 unspecified atom stereocenters. The van der Waals surface area contributed by atoms with Gasteiger partial charge in [0.1, 0.15) is 5.82 Å². The maximum Gasteiger partial charge on any atom is 0.189 e. The quantitative estimate of drug-likeness (QED) is 0.663. The van der Waals surface area contributed by atoms with Gasteiger partial charge in [-0.1, -0.05) is 11.8 Å². The second-order valence-electron chi connectivity index (χ2n) is 5.38. The lowest BCUT2D eigenvalue weighted by Gasteiger charge is -2.22. The Bertz CT molecular complexity index is 431. The molecule has 1 aliphatic carbocycles. The van der Waals surface area contributed by atoms with Crippen LogP contribution in [-0.4, -0.2) is 36.0 Å². The van der Waals surface area contributed by atoms with Gasteiger partial charge >= 0.3 is 0 Å². The van der Waals surface area contributed by atoms with Crippen LogP contribution in [-0.2, 0) is 4.74 Å². The summed E-state index contributed by atoms with van der Waals surface area (Å²) in [6.45, 7) is 2.80. The highest BCUT2D eigenvalue weighted by Gasteiger charge is 2.26. The maximum atomic E-state index is 5.39. The van der Waals surface area contributed by atoms with Crippen molar-refractivity contribution in [3.8, 4) is 0 Å². The highest BCUT2D eigenvalue weighted by Crippen LogP contribution is 2.40. The van der Waals surface area contributed by atoms with Crippen molar-refractivity contribution >= 4 is 17.6 Å². The molecule has 1 saturated heterocycles. The second kappa shape index (κ2) is 6.09. The Morgan fingerprint density at radius 2 is 2.05 bits per heavy atom. The number of nitrogens with one attached hydrogen (secondary N) is 1. The first-order valence-corrected chi connectivity index (χ1v) is 8.32. The zero-order valence-corrected chi connectivity index (χ0v) is 12.2. The van der Waals surface area contributed by atoms with Gasteiger partial charge in [-0.05, 0) is 37.9 Å². The number of ether oxygens (including phenoxy) is 1. The number of thioether (sulfide) groups is 1. The van der Waals surface area contributed by atoms with Crippen LogP contribution in [0.1, 0.15) is 37.3 Å². The normalized spacial score (nSPS) is 20.5. The van der Waals surface area contributed by atoms with Gasteiger partial charge in [0.25, 0.3) is 0 Å². The summed E-state index contributed by atoms with van der Waals surface area (Å²) >= 11 is 1.62. The van der Waals surface area contributed by atoms with Crippen molar-refractivity contribution in [2.24, 2.45) is 5.92 Å². The first-order valence-electron chi connectivity index (χ1n) is 7.09. The summed E-state index contributed by atoms with van der Waals surface area (Å²) in [6, 6.07) is 2.14. The van der Waals surface area contributed by atoms with Gasteiger partial charge in [0.05, 0.1) is 5.69 Å². The summed E-state index contributed by atoms with van der Waals surface area (Å²) in [7, 11) is 0. The molecule has 4 nitrogen and oxygen atoms in total. The van der Waals surface area contributed by atoms with Gasteiger partial charge in [0.2, 0.25) is 0 Å². The van der Waals surface area contributed by atoms with E-state index in [9.17, 15) is 0 Å². The Morgan fingerprint density at radius 3 is 2.74 bits per heavy atom. The van der Waals surface area contributed by atoms with Crippen molar-refractivity contribution in [3.63, 3.8) is 0 Å². The summed E-state index contributed by atoms with van der Waals surface area (Å²) < 4.78 is 5.39. The van der Waals surface area contributed by atoms with E-state index in [0.29, 0.717) is 11.8 Å². The first kappa shape index (κ1) is 13.2. The van der Waals surface area contributed by atoms with Crippen LogP contribution >= 0.6 is 11.8 Å². The minimum atomic E-state index is 0.678. The fraction of sp³-hybridized carbons (Fsp3) is 0.714. The van der Waals surface area contributed by atoms with Crippen LogP contribution in [0.15, 0.2) is 11.2 Å². The van der Waals surface area contributed by atoms with E-state index in [-0.39, 0.29) is 0 Å². The van der Waals surface area contributed by atoms with Gasteiger partial charge in [0, 0.05) is 31.7 Å². The third-order valence-corrected chi connectivity index (χ3v) is 4.36. The summed E-state index contributed by atoms with van der Waals surface area (Å²) in [5.74, 6) is 2.39. The molecule has 2 heterocycles. The lowest BCUT2D eigenvalue weighted by Crippen LogP contribution is -2.23. The number of rotatable bonds is 5. The lowest BCUT2D eigenvalue weighted by molar-refractivity contribution is 0.0699. The predicted molar refractivity (Wildman–Crippen MR) is 77.8 cm³/mol. The van der Waals surface area contributed by atoms with Crippen molar-refractivity contribution in [1.82, 2.24) is 9.97 Å². The predicted octanol–water partition coefficient (Wildman–Crippen LogP) is 2.91. The number of hydrogen-bond acceptors (Lipinski definition) is 5. The molecular weight excluding hydrogens is 258 g/mol. The molecule has 0 radical (unpaired) electrons. The fourth-order valence-electron chi connectivity index (χ4n) is 2.41. The first-order chi connectivity index (χ1) is 9.35. The third kappa shape index (κ3) is 3.60. The fourth-order valence-corrected chi connectivity index (χ4v) is 2.80. The van der Waals surface area contributed by atoms with Gasteiger partial charge in [-0.3, -0.25) is 0 Å². The Balaban J connectivity index is 1.63. The number of aromatic nitrogens is 2. The van der Waals surface area contributed by atoms with Gasteiger partial charge in [-0.25, -0.2) is 9.97 Å². The zero-order valence-electron chi connectivity index (χ0n) is 11.4. The third-order valence-electron chi connectivity index (χ3n) is 3.82. The van der Waals surface area contributed by atoms with E-state index in [2.05, 4.69) is 21.4 Å². The van der Waals surface area contributed by atoms with Crippen LogP contribution in [0.2, 0.25) is 0 Å². The molecule has 3 rings (SSSR count). The minimum Gasteiger partial charge on any atom is -0.381 e. The molecule has 1 aliphatic heterocycles. The number of hydrogen-bond donors (Lipinski definition) is 1. The molecule has 1 aromatic heterocycles. The van der Waals surface area contributed by atoms with Crippen LogP contribution in [0.3, 0.4) is 0 Å². The highest BCUT2D eigenvalue weighted by molar-refractivity contribution is 7.98. The highest BCUT2D eigenvalue weighted by atomic mass is 32.2. The minimum absolute atomic E-state index is 0.678. The molecule has 0 bridgehead atoms. The van der Waals surface area contributed by atoms with Crippen LogP contribution in [0.25, 0.3) is 0 Å². The SMILES string of the molecule is CSc1nc(NCC2CCOCC2)cc(C2CC2)n1. The maximum absolute atomic E-state index is 5.39. The summed E-state index contributed by atoms with van der Waals surface area (Å²) in [5.41, 5.74) is 1.22. The van der Waals surface area contributed by atoms with Crippen LogP contribution < -0.4 is 5.32 Å². The monoisotopic (exact) mass is 279 g/mol. The number of anilines is 1. The molecule has 2 aliphatic rings. The average Bonchev–Trinajstić information content (AvgIpc) is 3.30. The van der Waals surface area contributed by atoms with Crippen LogP contribution in [0.5, 0.6) is 0 Å². The topological polar surface area (TPSA) is 47.0 Å². The van der Waals surface area contributed by atoms with E-state index < -0.39 is 0 Å². The van der Waals surface area contributed by atoms with Crippen molar-refractivity contribution < 1.29 is 4.74 Å². The van der Waals surface area contributed by atoms with Crippen molar-refractivity contribution in [2.75, 3.05) is 31.3 Å². The van der Waals surface area contributed by atoms with Gasteiger partial charge < -0.3 is 10.1 Å². The Labute approximate surface area is 118 Å². The summed E-state index contributed by atoms with van der Waals surface area (Å²) in [4.78, 5) is 9.16. The van der Waals surface area contributed by atoms with Gasteiger partial charge in [-0.15, -0.1) is 0 Å². The van der Waals surface area contributed by atoms with E-state index in [1.54, 1.807) is 11.8 Å². The van der Waals surface area contributed by atoms with Gasteiger partial charge in [-0.2, -0.15) is 0 Å². The molecule has 1 N–H and O–H groups in total. The molecule has 2 fully saturated rings. The van der Waals surface area contributed by atoms with E-state index in [1.165, 1.54) is 18.5 Å². The summed E-state index contributed by atoms with van der Waals surface area (Å²) in [6.07, 6.45) is 6.91. The second-order valence-corrected chi connectivity index (χ2v) is 6.15. The molecule has 1 saturated carbocycles.